The third-order valence-electron chi connectivity index (χ3n) is 2.22. The summed E-state index contributed by atoms with van der Waals surface area (Å²) in [5.74, 6) is -0.0935. The van der Waals surface area contributed by atoms with Crippen molar-refractivity contribution in [3.63, 3.8) is 0 Å². The SMILES string of the molecule is COC(C)(C)c1cc(Cl)c(O)c(Cl)c1. The molecule has 1 rings (SSSR count). The molecule has 0 unspecified atom stereocenters. The largest absolute Gasteiger partial charge is 0.505 e. The van der Waals surface area contributed by atoms with E-state index in [2.05, 4.69) is 0 Å². The van der Waals surface area contributed by atoms with E-state index in [0.29, 0.717) is 0 Å². The van der Waals surface area contributed by atoms with Gasteiger partial charge in [-0.25, -0.2) is 0 Å². The van der Waals surface area contributed by atoms with Crippen molar-refractivity contribution >= 4 is 23.2 Å². The number of rotatable bonds is 2. The Balaban J connectivity index is 3.26. The zero-order valence-corrected chi connectivity index (χ0v) is 9.78. The standard InChI is InChI=1S/C10H12Cl2O2/c1-10(2,14-3)6-4-7(11)9(13)8(12)5-6/h4-5,13H,1-3H3. The van der Waals surface area contributed by atoms with Crippen LogP contribution >= 0.6 is 23.2 Å². The molecule has 0 aliphatic heterocycles. The van der Waals surface area contributed by atoms with Crippen LogP contribution in [0.15, 0.2) is 12.1 Å². The van der Waals surface area contributed by atoms with Crippen LogP contribution in [0.3, 0.4) is 0 Å². The molecule has 0 aliphatic rings. The number of phenols is 1. The lowest BCUT2D eigenvalue weighted by Crippen LogP contribution is -2.19. The maximum absolute atomic E-state index is 9.36. The molecule has 0 radical (unpaired) electrons. The summed E-state index contributed by atoms with van der Waals surface area (Å²) in [5, 5.41) is 9.83. The maximum Gasteiger partial charge on any atom is 0.152 e. The molecule has 0 fully saturated rings. The highest BCUT2D eigenvalue weighted by molar-refractivity contribution is 6.37. The minimum atomic E-state index is -0.471. The minimum absolute atomic E-state index is 0.0935. The topological polar surface area (TPSA) is 29.5 Å². The summed E-state index contributed by atoms with van der Waals surface area (Å²) in [4.78, 5) is 0. The molecular formula is C10H12Cl2O2. The molecule has 1 aromatic carbocycles. The summed E-state index contributed by atoms with van der Waals surface area (Å²) in [6.45, 7) is 3.79. The molecule has 4 heteroatoms. The molecule has 0 atom stereocenters. The molecule has 78 valence electrons. The average Bonchev–Trinajstić information content (AvgIpc) is 2.13. The summed E-state index contributed by atoms with van der Waals surface area (Å²) in [6.07, 6.45) is 0. The minimum Gasteiger partial charge on any atom is -0.505 e. The van der Waals surface area contributed by atoms with Crippen molar-refractivity contribution in [1.82, 2.24) is 0 Å². The van der Waals surface area contributed by atoms with Crippen LogP contribution in [0.5, 0.6) is 5.75 Å². The highest BCUT2D eigenvalue weighted by atomic mass is 35.5. The van der Waals surface area contributed by atoms with Crippen LogP contribution in [-0.4, -0.2) is 12.2 Å². The maximum atomic E-state index is 9.36. The van der Waals surface area contributed by atoms with Gasteiger partial charge in [0.2, 0.25) is 0 Å². The van der Waals surface area contributed by atoms with Crippen LogP contribution in [0.4, 0.5) is 0 Å². The van der Waals surface area contributed by atoms with Crippen molar-refractivity contribution < 1.29 is 9.84 Å². The Morgan fingerprint density at radius 2 is 1.64 bits per heavy atom. The van der Waals surface area contributed by atoms with E-state index in [0.717, 1.165) is 5.56 Å². The Morgan fingerprint density at radius 1 is 1.21 bits per heavy atom. The summed E-state index contributed by atoms with van der Waals surface area (Å²) in [6, 6.07) is 3.29. The first kappa shape index (κ1) is 11.6. The van der Waals surface area contributed by atoms with E-state index in [4.69, 9.17) is 27.9 Å². The first-order valence-corrected chi connectivity index (χ1v) is 4.87. The van der Waals surface area contributed by atoms with Crippen molar-refractivity contribution in [1.29, 1.82) is 0 Å². The number of phenolic OH excluding ortho intramolecular Hbond substituents is 1. The first-order valence-electron chi connectivity index (χ1n) is 4.12. The van der Waals surface area contributed by atoms with E-state index >= 15 is 0 Å². The Labute approximate surface area is 93.4 Å². The van der Waals surface area contributed by atoms with E-state index in [1.165, 1.54) is 0 Å². The van der Waals surface area contributed by atoms with E-state index in [-0.39, 0.29) is 15.8 Å². The Morgan fingerprint density at radius 3 is 2.00 bits per heavy atom. The van der Waals surface area contributed by atoms with Gasteiger partial charge in [-0.15, -0.1) is 0 Å². The van der Waals surface area contributed by atoms with E-state index in [9.17, 15) is 5.11 Å². The molecular weight excluding hydrogens is 223 g/mol. The number of methoxy groups -OCH3 is 1. The van der Waals surface area contributed by atoms with Gasteiger partial charge in [0.05, 0.1) is 15.6 Å². The number of aromatic hydroxyl groups is 1. The van der Waals surface area contributed by atoms with Gasteiger partial charge in [0.25, 0.3) is 0 Å². The van der Waals surface area contributed by atoms with Crippen LogP contribution in [0.25, 0.3) is 0 Å². The van der Waals surface area contributed by atoms with Crippen LogP contribution in [-0.2, 0) is 10.3 Å². The third kappa shape index (κ3) is 2.14. The van der Waals surface area contributed by atoms with Crippen LogP contribution in [0.2, 0.25) is 10.0 Å². The summed E-state index contributed by atoms with van der Waals surface area (Å²) < 4.78 is 5.27. The van der Waals surface area contributed by atoms with Gasteiger partial charge in [0.15, 0.2) is 5.75 Å². The molecule has 0 saturated carbocycles. The zero-order valence-electron chi connectivity index (χ0n) is 8.27. The fourth-order valence-electron chi connectivity index (χ4n) is 1.03. The fraction of sp³-hybridized carbons (Fsp3) is 0.400. The molecule has 0 aliphatic carbocycles. The quantitative estimate of drug-likeness (QED) is 0.848. The smallest absolute Gasteiger partial charge is 0.152 e. The molecule has 14 heavy (non-hydrogen) atoms. The lowest BCUT2D eigenvalue weighted by molar-refractivity contribution is 0.0192. The Bertz CT molecular complexity index is 325. The third-order valence-corrected chi connectivity index (χ3v) is 2.80. The predicted octanol–water partition coefficient (Wildman–Crippen LogP) is 3.58. The summed E-state index contributed by atoms with van der Waals surface area (Å²) in [7, 11) is 1.61. The zero-order chi connectivity index (χ0) is 10.9. The van der Waals surface area contributed by atoms with Crippen molar-refractivity contribution in [2.24, 2.45) is 0 Å². The van der Waals surface area contributed by atoms with Crippen LogP contribution in [0.1, 0.15) is 19.4 Å². The molecule has 1 N–H and O–H groups in total. The van der Waals surface area contributed by atoms with Crippen molar-refractivity contribution in [3.8, 4) is 5.75 Å². The molecule has 1 aromatic rings. The molecule has 0 heterocycles. The Hall–Kier alpha value is -0.440. The van der Waals surface area contributed by atoms with Crippen molar-refractivity contribution in [2.45, 2.75) is 19.4 Å². The monoisotopic (exact) mass is 234 g/mol. The second-order valence-electron chi connectivity index (χ2n) is 3.50. The predicted molar refractivity (Wildman–Crippen MR) is 58.2 cm³/mol. The second kappa shape index (κ2) is 3.97. The van der Waals surface area contributed by atoms with Crippen LogP contribution in [0, 0.1) is 0 Å². The molecule has 0 amide bonds. The summed E-state index contributed by atoms with van der Waals surface area (Å²) >= 11 is 11.6. The van der Waals surface area contributed by atoms with Gasteiger partial charge < -0.3 is 9.84 Å². The second-order valence-corrected chi connectivity index (χ2v) is 4.32. The lowest BCUT2D eigenvalue weighted by atomic mass is 9.98. The molecule has 0 bridgehead atoms. The van der Waals surface area contributed by atoms with Gasteiger partial charge in [0.1, 0.15) is 0 Å². The van der Waals surface area contributed by atoms with E-state index in [1.807, 2.05) is 13.8 Å². The molecule has 0 spiro atoms. The number of benzene rings is 1. The van der Waals surface area contributed by atoms with E-state index in [1.54, 1.807) is 19.2 Å². The van der Waals surface area contributed by atoms with Crippen molar-refractivity contribution in [3.05, 3.63) is 27.7 Å². The summed E-state index contributed by atoms with van der Waals surface area (Å²) in [5.41, 5.74) is 0.355. The Kier molecular flexibility index (Phi) is 3.30. The van der Waals surface area contributed by atoms with Gasteiger partial charge in [-0.3, -0.25) is 0 Å². The normalized spacial score (nSPS) is 11.8. The first-order chi connectivity index (χ1) is 6.38. The average molecular weight is 235 g/mol. The molecule has 0 saturated heterocycles. The number of hydrogen-bond donors (Lipinski definition) is 1. The van der Waals surface area contributed by atoms with Gasteiger partial charge in [-0.05, 0) is 31.5 Å². The van der Waals surface area contributed by atoms with Gasteiger partial charge >= 0.3 is 0 Å². The van der Waals surface area contributed by atoms with Gasteiger partial charge in [0, 0.05) is 7.11 Å². The van der Waals surface area contributed by atoms with E-state index < -0.39 is 5.60 Å². The number of ether oxygens (including phenoxy) is 1. The van der Waals surface area contributed by atoms with Gasteiger partial charge in [-0.2, -0.15) is 0 Å². The highest BCUT2D eigenvalue weighted by Gasteiger charge is 2.21. The molecule has 0 aromatic heterocycles. The fourth-order valence-corrected chi connectivity index (χ4v) is 1.52. The lowest BCUT2D eigenvalue weighted by Gasteiger charge is -2.24. The van der Waals surface area contributed by atoms with Crippen molar-refractivity contribution in [2.75, 3.05) is 7.11 Å². The van der Waals surface area contributed by atoms with Crippen LogP contribution < -0.4 is 0 Å². The molecule has 2 nitrogen and oxygen atoms in total. The number of hydrogen-bond acceptors (Lipinski definition) is 2. The number of halogens is 2. The highest BCUT2D eigenvalue weighted by Crippen LogP contribution is 2.36. The van der Waals surface area contributed by atoms with Gasteiger partial charge in [-0.1, -0.05) is 23.2 Å².